The highest BCUT2D eigenvalue weighted by Gasteiger charge is 2.07. The van der Waals surface area contributed by atoms with Gasteiger partial charge in [-0.2, -0.15) is 0 Å². The van der Waals surface area contributed by atoms with E-state index in [1.54, 1.807) is 24.3 Å². The molecule has 0 saturated carbocycles. The van der Waals surface area contributed by atoms with Gasteiger partial charge in [0.15, 0.2) is 5.13 Å². The van der Waals surface area contributed by atoms with Crippen molar-refractivity contribution in [1.82, 2.24) is 4.98 Å². The molecule has 110 valence electrons. The number of anilines is 2. The Morgan fingerprint density at radius 3 is 2.59 bits per heavy atom. The van der Waals surface area contributed by atoms with Gasteiger partial charge in [0.2, 0.25) is 0 Å². The van der Waals surface area contributed by atoms with E-state index in [-0.39, 0.29) is 5.91 Å². The molecule has 0 aliphatic carbocycles. The summed E-state index contributed by atoms with van der Waals surface area (Å²) in [6.45, 7) is 0. The quantitative estimate of drug-likeness (QED) is 0.752. The van der Waals surface area contributed by atoms with Crippen LogP contribution in [0.1, 0.15) is 10.4 Å². The van der Waals surface area contributed by atoms with Crippen LogP contribution in [0, 0.1) is 0 Å². The maximum atomic E-state index is 12.1. The molecule has 1 heterocycles. The number of nitrogen functional groups attached to an aromatic ring is 1. The second kappa shape index (κ2) is 6.17. The summed E-state index contributed by atoms with van der Waals surface area (Å²) in [4.78, 5) is 16.4. The number of aromatic nitrogens is 1. The van der Waals surface area contributed by atoms with E-state index in [4.69, 9.17) is 17.3 Å². The van der Waals surface area contributed by atoms with Gasteiger partial charge in [-0.3, -0.25) is 4.79 Å². The molecule has 4 nitrogen and oxygen atoms in total. The highest BCUT2D eigenvalue weighted by Crippen LogP contribution is 2.24. The van der Waals surface area contributed by atoms with Gasteiger partial charge in [-0.25, -0.2) is 4.98 Å². The lowest BCUT2D eigenvalue weighted by atomic mass is 10.1. The van der Waals surface area contributed by atoms with E-state index in [1.807, 2.05) is 29.6 Å². The lowest BCUT2D eigenvalue weighted by Gasteiger charge is -2.06. The Kier molecular flexibility index (Phi) is 4.09. The number of halogens is 1. The highest BCUT2D eigenvalue weighted by molar-refractivity contribution is 7.13. The van der Waals surface area contributed by atoms with Crippen LogP contribution >= 0.6 is 22.9 Å². The second-order valence-electron chi connectivity index (χ2n) is 4.61. The predicted octanol–water partition coefficient (Wildman–Crippen LogP) is 4.30. The molecule has 0 spiro atoms. The molecule has 0 bridgehead atoms. The summed E-state index contributed by atoms with van der Waals surface area (Å²) in [5, 5.41) is 5.79. The number of amides is 1. The minimum absolute atomic E-state index is 0.201. The van der Waals surface area contributed by atoms with Gasteiger partial charge in [-0.05, 0) is 30.3 Å². The van der Waals surface area contributed by atoms with Gasteiger partial charge in [0.25, 0.3) is 5.91 Å². The molecule has 0 fully saturated rings. The number of hydrogen-bond acceptors (Lipinski definition) is 4. The van der Waals surface area contributed by atoms with Crippen molar-refractivity contribution < 1.29 is 4.79 Å². The van der Waals surface area contributed by atoms with E-state index < -0.39 is 0 Å². The number of thiazole rings is 1. The van der Waals surface area contributed by atoms with Crippen LogP contribution in [0.4, 0.5) is 10.8 Å². The average Bonchev–Trinajstić information content (AvgIpc) is 2.94. The lowest BCUT2D eigenvalue weighted by molar-refractivity contribution is 0.102. The summed E-state index contributed by atoms with van der Waals surface area (Å²) >= 11 is 7.28. The SMILES string of the molecule is Nc1nc(-c2ccc(NC(=O)c3cccc(Cl)c3)cc2)cs1. The van der Waals surface area contributed by atoms with Crippen LogP contribution in [-0.4, -0.2) is 10.9 Å². The van der Waals surface area contributed by atoms with Gasteiger partial charge in [0, 0.05) is 27.2 Å². The number of carbonyl (C=O) groups excluding carboxylic acids is 1. The minimum atomic E-state index is -0.201. The zero-order valence-corrected chi connectivity index (χ0v) is 13.0. The molecule has 6 heteroatoms. The smallest absolute Gasteiger partial charge is 0.255 e. The summed E-state index contributed by atoms with van der Waals surface area (Å²) < 4.78 is 0. The number of hydrogen-bond donors (Lipinski definition) is 2. The second-order valence-corrected chi connectivity index (χ2v) is 5.94. The Balaban J connectivity index is 1.75. The van der Waals surface area contributed by atoms with Crippen LogP contribution in [0.15, 0.2) is 53.9 Å². The van der Waals surface area contributed by atoms with Crippen molar-refractivity contribution in [3.05, 3.63) is 64.5 Å². The molecule has 0 atom stereocenters. The third kappa shape index (κ3) is 3.27. The van der Waals surface area contributed by atoms with Gasteiger partial charge >= 0.3 is 0 Å². The first-order chi connectivity index (χ1) is 10.6. The van der Waals surface area contributed by atoms with Crippen LogP contribution in [-0.2, 0) is 0 Å². The first-order valence-electron chi connectivity index (χ1n) is 6.50. The molecule has 0 aliphatic heterocycles. The fourth-order valence-electron chi connectivity index (χ4n) is 1.98. The Bertz CT molecular complexity index is 814. The van der Waals surface area contributed by atoms with Crippen molar-refractivity contribution in [3.8, 4) is 11.3 Å². The van der Waals surface area contributed by atoms with Gasteiger partial charge in [0.05, 0.1) is 5.69 Å². The Labute approximate surface area is 136 Å². The third-order valence-corrected chi connectivity index (χ3v) is 3.96. The van der Waals surface area contributed by atoms with Crippen molar-refractivity contribution in [2.75, 3.05) is 11.1 Å². The molecule has 3 N–H and O–H groups in total. The summed E-state index contributed by atoms with van der Waals surface area (Å²) in [5.41, 5.74) is 8.63. The first kappa shape index (κ1) is 14.6. The molecule has 0 unspecified atom stereocenters. The van der Waals surface area contributed by atoms with Crippen LogP contribution in [0.5, 0.6) is 0 Å². The van der Waals surface area contributed by atoms with Gasteiger partial charge in [0.1, 0.15) is 0 Å². The number of nitrogens with zero attached hydrogens (tertiary/aromatic N) is 1. The molecule has 2 aromatic carbocycles. The normalized spacial score (nSPS) is 10.4. The third-order valence-electron chi connectivity index (χ3n) is 3.05. The molecule has 3 aromatic rings. The van der Waals surface area contributed by atoms with Crippen molar-refractivity contribution >= 4 is 39.7 Å². The molecular formula is C16H12ClN3OS. The molecular weight excluding hydrogens is 318 g/mol. The summed E-state index contributed by atoms with van der Waals surface area (Å²) in [7, 11) is 0. The minimum Gasteiger partial charge on any atom is -0.375 e. The van der Waals surface area contributed by atoms with E-state index in [9.17, 15) is 4.79 Å². The number of benzene rings is 2. The maximum absolute atomic E-state index is 12.1. The van der Waals surface area contributed by atoms with Gasteiger partial charge in [-0.1, -0.05) is 29.8 Å². The Hall–Kier alpha value is -2.37. The Morgan fingerprint density at radius 1 is 1.18 bits per heavy atom. The topological polar surface area (TPSA) is 68.0 Å². The summed E-state index contributed by atoms with van der Waals surface area (Å²) in [6.07, 6.45) is 0. The van der Waals surface area contributed by atoms with E-state index in [2.05, 4.69) is 10.3 Å². The fraction of sp³-hybridized carbons (Fsp3) is 0. The van der Waals surface area contributed by atoms with Gasteiger partial charge in [-0.15, -0.1) is 11.3 Å². The molecule has 0 radical (unpaired) electrons. The van der Waals surface area contributed by atoms with E-state index in [0.29, 0.717) is 21.4 Å². The molecule has 1 amide bonds. The molecule has 3 rings (SSSR count). The van der Waals surface area contributed by atoms with Crippen molar-refractivity contribution in [2.45, 2.75) is 0 Å². The van der Waals surface area contributed by atoms with Crippen molar-refractivity contribution in [1.29, 1.82) is 0 Å². The summed E-state index contributed by atoms with van der Waals surface area (Å²) in [6, 6.07) is 14.3. The molecule has 0 saturated heterocycles. The predicted molar refractivity (Wildman–Crippen MR) is 91.4 cm³/mol. The van der Waals surface area contributed by atoms with Crippen molar-refractivity contribution in [3.63, 3.8) is 0 Å². The molecule has 1 aromatic heterocycles. The van der Waals surface area contributed by atoms with Crippen LogP contribution < -0.4 is 11.1 Å². The van der Waals surface area contributed by atoms with E-state index in [1.165, 1.54) is 11.3 Å². The Morgan fingerprint density at radius 2 is 1.95 bits per heavy atom. The molecule has 22 heavy (non-hydrogen) atoms. The number of rotatable bonds is 3. The lowest BCUT2D eigenvalue weighted by Crippen LogP contribution is -2.11. The largest absolute Gasteiger partial charge is 0.375 e. The fourth-order valence-corrected chi connectivity index (χ4v) is 2.74. The van der Waals surface area contributed by atoms with Crippen molar-refractivity contribution in [2.24, 2.45) is 0 Å². The standard InChI is InChI=1S/C16H12ClN3OS/c17-12-3-1-2-11(8-12)15(21)19-13-6-4-10(5-7-13)14-9-22-16(18)20-14/h1-9H,(H2,18,20)(H,19,21). The molecule has 0 aliphatic rings. The van der Waals surface area contributed by atoms with Gasteiger partial charge < -0.3 is 11.1 Å². The summed E-state index contributed by atoms with van der Waals surface area (Å²) in [5.74, 6) is -0.201. The average molecular weight is 330 g/mol. The number of nitrogens with two attached hydrogens (primary N) is 1. The van der Waals surface area contributed by atoms with Crippen LogP contribution in [0.25, 0.3) is 11.3 Å². The first-order valence-corrected chi connectivity index (χ1v) is 7.76. The van der Waals surface area contributed by atoms with Crippen LogP contribution in [0.3, 0.4) is 0 Å². The number of nitrogens with one attached hydrogen (secondary N) is 1. The zero-order chi connectivity index (χ0) is 15.5. The number of carbonyl (C=O) groups is 1. The zero-order valence-electron chi connectivity index (χ0n) is 11.4. The highest BCUT2D eigenvalue weighted by atomic mass is 35.5. The van der Waals surface area contributed by atoms with Crippen LogP contribution in [0.2, 0.25) is 5.02 Å². The monoisotopic (exact) mass is 329 g/mol. The maximum Gasteiger partial charge on any atom is 0.255 e. The van der Waals surface area contributed by atoms with E-state index >= 15 is 0 Å². The van der Waals surface area contributed by atoms with E-state index in [0.717, 1.165) is 11.3 Å².